The van der Waals surface area contributed by atoms with Gasteiger partial charge in [0.25, 0.3) is 0 Å². The van der Waals surface area contributed by atoms with Gasteiger partial charge in [0, 0.05) is 38.6 Å². The highest BCUT2D eigenvalue weighted by atomic mass is 16.5. The van der Waals surface area contributed by atoms with Gasteiger partial charge in [-0.1, -0.05) is 29.8 Å². The molecule has 1 aliphatic carbocycles. The summed E-state index contributed by atoms with van der Waals surface area (Å²) in [4.78, 5) is 19.1. The van der Waals surface area contributed by atoms with E-state index in [0.717, 1.165) is 51.6 Å². The first-order valence-electron chi connectivity index (χ1n) is 10.9. The molecule has 2 aliphatic rings. The lowest BCUT2D eigenvalue weighted by Gasteiger charge is -2.34. The second kappa shape index (κ2) is 11.2. The molecule has 7 heteroatoms. The predicted octanol–water partition coefficient (Wildman–Crippen LogP) is 1.45. The molecule has 0 spiro atoms. The number of aryl methyl sites for hydroxylation is 1. The van der Waals surface area contributed by atoms with Gasteiger partial charge in [-0.15, -0.1) is 0 Å². The standard InChI is InChI=1S/C22H35N5O2/c1-3-23-22(25-11-10-24-21(28)19-8-9-19)26-16-20(27-12-14-29-15-13-27)18-6-4-17(2)5-7-18/h4-7,19-20H,3,8-16H2,1-2H3,(H,24,28)(H2,23,25,26). The molecule has 0 aromatic heterocycles. The van der Waals surface area contributed by atoms with Gasteiger partial charge in [-0.2, -0.15) is 0 Å². The molecular weight excluding hydrogens is 366 g/mol. The summed E-state index contributed by atoms with van der Waals surface area (Å²) in [6.07, 6.45) is 2.07. The highest BCUT2D eigenvalue weighted by molar-refractivity contribution is 5.81. The number of benzene rings is 1. The number of hydrogen-bond donors (Lipinski definition) is 3. The first kappa shape index (κ1) is 21.6. The lowest BCUT2D eigenvalue weighted by molar-refractivity contribution is -0.122. The van der Waals surface area contributed by atoms with Crippen molar-refractivity contribution in [1.29, 1.82) is 0 Å². The van der Waals surface area contributed by atoms with Crippen LogP contribution >= 0.6 is 0 Å². The predicted molar refractivity (Wildman–Crippen MR) is 116 cm³/mol. The Bertz CT molecular complexity index is 666. The number of nitrogens with one attached hydrogen (secondary N) is 3. The minimum atomic E-state index is 0.181. The van der Waals surface area contributed by atoms with Gasteiger partial charge in [-0.25, -0.2) is 0 Å². The van der Waals surface area contributed by atoms with Crippen molar-refractivity contribution in [2.24, 2.45) is 10.9 Å². The van der Waals surface area contributed by atoms with Crippen molar-refractivity contribution in [2.75, 3.05) is 52.5 Å². The number of rotatable bonds is 9. The van der Waals surface area contributed by atoms with Crippen LogP contribution in [0.25, 0.3) is 0 Å². The zero-order chi connectivity index (χ0) is 20.5. The van der Waals surface area contributed by atoms with E-state index in [0.29, 0.717) is 19.6 Å². The van der Waals surface area contributed by atoms with Crippen molar-refractivity contribution in [3.63, 3.8) is 0 Å². The van der Waals surface area contributed by atoms with Gasteiger partial charge < -0.3 is 20.7 Å². The molecule has 0 radical (unpaired) electrons. The van der Waals surface area contributed by atoms with Crippen LogP contribution in [0.5, 0.6) is 0 Å². The molecule has 2 fully saturated rings. The molecule has 1 amide bonds. The second-order valence-electron chi connectivity index (χ2n) is 7.79. The quantitative estimate of drug-likeness (QED) is 0.332. The Morgan fingerprint density at radius 1 is 1.14 bits per heavy atom. The molecule has 160 valence electrons. The lowest BCUT2D eigenvalue weighted by Crippen LogP contribution is -2.43. The smallest absolute Gasteiger partial charge is 0.223 e. The molecule has 0 bridgehead atoms. The number of hydrogen-bond acceptors (Lipinski definition) is 4. The summed E-state index contributed by atoms with van der Waals surface area (Å²) in [7, 11) is 0. The number of carbonyl (C=O) groups is 1. The first-order valence-corrected chi connectivity index (χ1v) is 10.9. The third-order valence-corrected chi connectivity index (χ3v) is 5.38. The molecule has 3 N–H and O–H groups in total. The summed E-state index contributed by atoms with van der Waals surface area (Å²) in [5.41, 5.74) is 2.55. The van der Waals surface area contributed by atoms with Crippen LogP contribution in [-0.2, 0) is 9.53 Å². The van der Waals surface area contributed by atoms with Crippen LogP contribution in [0.1, 0.15) is 36.9 Å². The summed E-state index contributed by atoms with van der Waals surface area (Å²) < 4.78 is 5.54. The molecule has 1 aromatic carbocycles. The molecule has 7 nitrogen and oxygen atoms in total. The minimum absolute atomic E-state index is 0.181. The average Bonchev–Trinajstić information content (AvgIpc) is 3.58. The van der Waals surface area contributed by atoms with Crippen molar-refractivity contribution in [3.8, 4) is 0 Å². The summed E-state index contributed by atoms with van der Waals surface area (Å²) >= 11 is 0. The highest BCUT2D eigenvalue weighted by Crippen LogP contribution is 2.28. The van der Waals surface area contributed by atoms with Crippen molar-refractivity contribution in [1.82, 2.24) is 20.9 Å². The second-order valence-corrected chi connectivity index (χ2v) is 7.79. The Kier molecular flexibility index (Phi) is 8.31. The summed E-state index contributed by atoms with van der Waals surface area (Å²) in [6.45, 7) is 10.3. The summed E-state index contributed by atoms with van der Waals surface area (Å²) in [6, 6.07) is 8.97. The van der Waals surface area contributed by atoms with E-state index < -0.39 is 0 Å². The molecule has 1 saturated heterocycles. The molecule has 1 aliphatic heterocycles. The zero-order valence-electron chi connectivity index (χ0n) is 17.7. The molecule has 29 heavy (non-hydrogen) atoms. The third kappa shape index (κ3) is 7.01. The van der Waals surface area contributed by atoms with E-state index >= 15 is 0 Å². The topological polar surface area (TPSA) is 78.0 Å². The Labute approximate surface area is 174 Å². The third-order valence-electron chi connectivity index (χ3n) is 5.38. The van der Waals surface area contributed by atoms with Crippen LogP contribution in [0, 0.1) is 12.8 Å². The van der Waals surface area contributed by atoms with Crippen LogP contribution in [0.15, 0.2) is 29.3 Å². The number of carbonyl (C=O) groups excluding carboxylic acids is 1. The molecule has 1 unspecified atom stereocenters. The molecule has 1 atom stereocenters. The Morgan fingerprint density at radius 3 is 2.48 bits per heavy atom. The number of nitrogens with zero attached hydrogens (tertiary/aromatic N) is 2. The van der Waals surface area contributed by atoms with Crippen molar-refractivity contribution in [3.05, 3.63) is 35.4 Å². The summed E-state index contributed by atoms with van der Waals surface area (Å²) in [5.74, 6) is 1.22. The van der Waals surface area contributed by atoms with Crippen LogP contribution in [0.4, 0.5) is 0 Å². The van der Waals surface area contributed by atoms with E-state index in [-0.39, 0.29) is 17.9 Å². The fourth-order valence-electron chi connectivity index (χ4n) is 3.49. The van der Waals surface area contributed by atoms with E-state index in [9.17, 15) is 4.79 Å². The Balaban J connectivity index is 1.58. The number of ether oxygens (including phenoxy) is 1. The maximum absolute atomic E-state index is 11.7. The van der Waals surface area contributed by atoms with E-state index in [2.05, 4.69) is 59.0 Å². The largest absolute Gasteiger partial charge is 0.379 e. The van der Waals surface area contributed by atoms with Gasteiger partial charge in [0.1, 0.15) is 0 Å². The van der Waals surface area contributed by atoms with E-state index in [1.54, 1.807) is 0 Å². The number of guanidine groups is 1. The van der Waals surface area contributed by atoms with E-state index in [4.69, 9.17) is 9.73 Å². The molecule has 3 rings (SSSR count). The van der Waals surface area contributed by atoms with Gasteiger partial charge in [-0.05, 0) is 32.3 Å². The van der Waals surface area contributed by atoms with Crippen molar-refractivity contribution < 1.29 is 9.53 Å². The van der Waals surface area contributed by atoms with E-state index in [1.165, 1.54) is 11.1 Å². The van der Waals surface area contributed by atoms with E-state index in [1.807, 2.05) is 0 Å². The Hall–Kier alpha value is -2.12. The number of morpholine rings is 1. The molecule has 1 saturated carbocycles. The monoisotopic (exact) mass is 401 g/mol. The maximum Gasteiger partial charge on any atom is 0.223 e. The van der Waals surface area contributed by atoms with Crippen LogP contribution in [0.2, 0.25) is 0 Å². The maximum atomic E-state index is 11.7. The average molecular weight is 402 g/mol. The van der Waals surface area contributed by atoms with Crippen molar-refractivity contribution in [2.45, 2.75) is 32.7 Å². The van der Waals surface area contributed by atoms with Crippen molar-refractivity contribution >= 4 is 11.9 Å². The fraction of sp³-hybridized carbons (Fsp3) is 0.636. The Morgan fingerprint density at radius 2 is 1.83 bits per heavy atom. The minimum Gasteiger partial charge on any atom is -0.379 e. The number of amides is 1. The van der Waals surface area contributed by atoms with Gasteiger partial charge in [0.15, 0.2) is 5.96 Å². The molecule has 1 aromatic rings. The molecular formula is C22H35N5O2. The van der Waals surface area contributed by atoms with Gasteiger partial charge in [0.2, 0.25) is 5.91 Å². The van der Waals surface area contributed by atoms with Crippen LogP contribution < -0.4 is 16.0 Å². The van der Waals surface area contributed by atoms with Crippen LogP contribution in [0.3, 0.4) is 0 Å². The van der Waals surface area contributed by atoms with Gasteiger partial charge in [0.05, 0.1) is 25.8 Å². The first-order chi connectivity index (χ1) is 14.2. The summed E-state index contributed by atoms with van der Waals surface area (Å²) in [5, 5.41) is 9.63. The van der Waals surface area contributed by atoms with Crippen LogP contribution in [-0.4, -0.2) is 69.2 Å². The highest BCUT2D eigenvalue weighted by Gasteiger charge is 2.29. The van der Waals surface area contributed by atoms with Gasteiger partial charge >= 0.3 is 0 Å². The van der Waals surface area contributed by atoms with Gasteiger partial charge in [-0.3, -0.25) is 14.7 Å². The fourth-order valence-corrected chi connectivity index (χ4v) is 3.49. The lowest BCUT2D eigenvalue weighted by atomic mass is 10.0. The number of aliphatic imine (C=N–C) groups is 1. The zero-order valence-corrected chi connectivity index (χ0v) is 17.7. The SMILES string of the molecule is CCNC(=NCC(c1ccc(C)cc1)N1CCOCC1)NCCNC(=O)C1CC1. The molecule has 1 heterocycles. The normalized spacial score (nSPS) is 18.9.